The molecule has 1 heterocycles. The third-order valence-corrected chi connectivity index (χ3v) is 3.77. The third-order valence-electron chi connectivity index (χ3n) is 3.49. The number of rotatable bonds is 4. The zero-order valence-corrected chi connectivity index (χ0v) is 13.6. The molecule has 0 radical (unpaired) electrons. The quantitative estimate of drug-likeness (QED) is 0.405. The lowest BCUT2D eigenvalue weighted by Crippen LogP contribution is -1.95. The van der Waals surface area contributed by atoms with Crippen LogP contribution in [0, 0.1) is 10.1 Å². The molecule has 0 aliphatic heterocycles. The van der Waals surface area contributed by atoms with Gasteiger partial charge in [0.05, 0.1) is 24.7 Å². The molecule has 0 bridgehead atoms. The molecular formula is C16H12ClN3O4. The van der Waals surface area contributed by atoms with Crippen LogP contribution in [0.2, 0.25) is 5.15 Å². The van der Waals surface area contributed by atoms with Gasteiger partial charge in [-0.05, 0) is 24.3 Å². The number of nitro groups is 1. The summed E-state index contributed by atoms with van der Waals surface area (Å²) in [5, 5.41) is 11.4. The Kier molecular flexibility index (Phi) is 4.18. The van der Waals surface area contributed by atoms with Crippen molar-refractivity contribution < 1.29 is 14.4 Å². The van der Waals surface area contributed by atoms with E-state index in [2.05, 4.69) is 9.97 Å². The Morgan fingerprint density at radius 3 is 2.46 bits per heavy atom. The van der Waals surface area contributed by atoms with Gasteiger partial charge in [0.2, 0.25) is 0 Å². The molecule has 3 rings (SSSR count). The molecule has 0 saturated carbocycles. The van der Waals surface area contributed by atoms with Gasteiger partial charge < -0.3 is 9.47 Å². The lowest BCUT2D eigenvalue weighted by atomic mass is 10.1. The maximum Gasteiger partial charge on any atom is 0.270 e. The summed E-state index contributed by atoms with van der Waals surface area (Å²) in [5.41, 5.74) is 1.15. The van der Waals surface area contributed by atoms with Crippen molar-refractivity contribution in [3.63, 3.8) is 0 Å². The van der Waals surface area contributed by atoms with Crippen LogP contribution in [0.3, 0.4) is 0 Å². The van der Waals surface area contributed by atoms with Crippen LogP contribution in [0.5, 0.6) is 11.5 Å². The summed E-state index contributed by atoms with van der Waals surface area (Å²) in [5.74, 6) is 1.52. The van der Waals surface area contributed by atoms with Crippen LogP contribution in [0.1, 0.15) is 0 Å². The molecule has 1 aromatic heterocycles. The van der Waals surface area contributed by atoms with Gasteiger partial charge in [0.25, 0.3) is 5.69 Å². The molecule has 0 saturated heterocycles. The second kappa shape index (κ2) is 6.29. The van der Waals surface area contributed by atoms with E-state index in [-0.39, 0.29) is 10.8 Å². The Balaban J connectivity index is 2.14. The summed E-state index contributed by atoms with van der Waals surface area (Å²) in [6.07, 6.45) is 0. The van der Waals surface area contributed by atoms with Gasteiger partial charge in [-0.2, -0.15) is 0 Å². The lowest BCUT2D eigenvalue weighted by molar-refractivity contribution is -0.384. The van der Waals surface area contributed by atoms with E-state index in [0.717, 1.165) is 0 Å². The average Bonchev–Trinajstić information content (AvgIpc) is 2.60. The van der Waals surface area contributed by atoms with Crippen molar-refractivity contribution in [2.24, 2.45) is 0 Å². The van der Waals surface area contributed by atoms with Gasteiger partial charge in [-0.25, -0.2) is 9.97 Å². The highest BCUT2D eigenvalue weighted by molar-refractivity contribution is 6.34. The zero-order chi connectivity index (χ0) is 17.3. The van der Waals surface area contributed by atoms with Crippen LogP contribution in [0.15, 0.2) is 36.4 Å². The van der Waals surface area contributed by atoms with Gasteiger partial charge >= 0.3 is 0 Å². The zero-order valence-electron chi connectivity index (χ0n) is 12.8. The third kappa shape index (κ3) is 2.81. The summed E-state index contributed by atoms with van der Waals surface area (Å²) in [7, 11) is 3.09. The molecule has 0 fully saturated rings. The number of fused-ring (bicyclic) bond motifs is 1. The van der Waals surface area contributed by atoms with Crippen LogP contribution in [0.4, 0.5) is 5.69 Å². The molecule has 0 spiro atoms. The number of hydrogen-bond donors (Lipinski definition) is 0. The second-order valence-electron chi connectivity index (χ2n) is 4.87. The maximum absolute atomic E-state index is 10.9. The molecule has 7 nitrogen and oxygen atoms in total. The van der Waals surface area contributed by atoms with Crippen molar-refractivity contribution >= 4 is 28.2 Å². The topological polar surface area (TPSA) is 87.4 Å². The van der Waals surface area contributed by atoms with Crippen LogP contribution < -0.4 is 9.47 Å². The van der Waals surface area contributed by atoms with E-state index >= 15 is 0 Å². The molecule has 2 aromatic carbocycles. The van der Waals surface area contributed by atoms with Gasteiger partial charge in [-0.3, -0.25) is 10.1 Å². The number of ether oxygens (including phenoxy) is 2. The maximum atomic E-state index is 10.9. The van der Waals surface area contributed by atoms with E-state index < -0.39 is 4.92 Å². The van der Waals surface area contributed by atoms with Crippen LogP contribution in [-0.4, -0.2) is 29.1 Å². The largest absolute Gasteiger partial charge is 0.493 e. The van der Waals surface area contributed by atoms with Gasteiger partial charge in [-0.15, -0.1) is 0 Å². The second-order valence-corrected chi connectivity index (χ2v) is 5.22. The van der Waals surface area contributed by atoms with Gasteiger partial charge in [0.15, 0.2) is 17.3 Å². The number of aromatic nitrogens is 2. The Morgan fingerprint density at radius 2 is 1.79 bits per heavy atom. The van der Waals surface area contributed by atoms with Gasteiger partial charge in [0, 0.05) is 23.1 Å². The van der Waals surface area contributed by atoms with E-state index in [4.69, 9.17) is 21.1 Å². The van der Waals surface area contributed by atoms with Crippen molar-refractivity contribution in [1.82, 2.24) is 9.97 Å². The highest BCUT2D eigenvalue weighted by Gasteiger charge is 2.14. The molecule has 3 aromatic rings. The number of hydrogen-bond acceptors (Lipinski definition) is 6. The number of nitrogens with zero attached hydrogens (tertiary/aromatic N) is 3. The summed E-state index contributed by atoms with van der Waals surface area (Å²) >= 11 is 6.19. The van der Waals surface area contributed by atoms with E-state index in [1.54, 1.807) is 31.4 Å². The van der Waals surface area contributed by atoms with Crippen molar-refractivity contribution in [3.05, 3.63) is 51.7 Å². The minimum atomic E-state index is -0.488. The van der Waals surface area contributed by atoms with Crippen LogP contribution in [0.25, 0.3) is 22.3 Å². The minimum absolute atomic E-state index is 0.0631. The highest BCUT2D eigenvalue weighted by Crippen LogP contribution is 2.33. The van der Waals surface area contributed by atoms with Crippen molar-refractivity contribution in [2.45, 2.75) is 0 Å². The van der Waals surface area contributed by atoms with Gasteiger partial charge in [-0.1, -0.05) is 11.6 Å². The summed E-state index contributed by atoms with van der Waals surface area (Å²) in [4.78, 5) is 19.0. The fourth-order valence-corrected chi connectivity index (χ4v) is 2.53. The molecule has 24 heavy (non-hydrogen) atoms. The summed E-state index contributed by atoms with van der Waals surface area (Å²) < 4.78 is 10.5. The minimum Gasteiger partial charge on any atom is -0.493 e. The number of halogens is 1. The molecule has 0 aliphatic rings. The first-order valence-electron chi connectivity index (χ1n) is 6.87. The lowest BCUT2D eigenvalue weighted by Gasteiger charge is -2.09. The molecule has 0 aliphatic carbocycles. The predicted octanol–water partition coefficient (Wildman–Crippen LogP) is 3.88. The van der Waals surface area contributed by atoms with Crippen molar-refractivity contribution in [3.8, 4) is 22.9 Å². The fraction of sp³-hybridized carbons (Fsp3) is 0.125. The van der Waals surface area contributed by atoms with Crippen LogP contribution >= 0.6 is 11.6 Å². The van der Waals surface area contributed by atoms with Crippen molar-refractivity contribution in [1.29, 1.82) is 0 Å². The smallest absolute Gasteiger partial charge is 0.270 e. The Hall–Kier alpha value is -2.93. The molecule has 8 heteroatoms. The molecule has 0 unspecified atom stereocenters. The number of methoxy groups -OCH3 is 2. The Labute approximate surface area is 142 Å². The first kappa shape index (κ1) is 15.9. The van der Waals surface area contributed by atoms with Crippen molar-refractivity contribution in [2.75, 3.05) is 14.2 Å². The molecule has 122 valence electrons. The SMILES string of the molecule is COc1ccc(-c2nc(Cl)c3cc([N+](=O)[O-])ccc3n2)cc1OC. The molecule has 0 atom stereocenters. The summed E-state index contributed by atoms with van der Waals surface area (Å²) in [6.45, 7) is 0. The first-order valence-corrected chi connectivity index (χ1v) is 7.25. The van der Waals surface area contributed by atoms with E-state index in [1.807, 2.05) is 0 Å². The number of non-ortho nitro benzene ring substituents is 1. The fourth-order valence-electron chi connectivity index (χ4n) is 2.30. The first-order chi connectivity index (χ1) is 11.5. The summed E-state index contributed by atoms with van der Waals surface area (Å²) in [6, 6.07) is 9.54. The van der Waals surface area contributed by atoms with E-state index in [0.29, 0.717) is 33.8 Å². The predicted molar refractivity (Wildman–Crippen MR) is 89.7 cm³/mol. The standard InChI is InChI=1S/C16H12ClN3O4/c1-23-13-6-3-9(7-14(13)24-2)16-18-12-5-4-10(20(21)22)8-11(12)15(17)19-16/h3-8H,1-2H3. The molecule has 0 N–H and O–H groups in total. The van der Waals surface area contributed by atoms with E-state index in [9.17, 15) is 10.1 Å². The molecular weight excluding hydrogens is 334 g/mol. The Bertz CT molecular complexity index is 946. The molecule has 0 amide bonds. The average molecular weight is 346 g/mol. The van der Waals surface area contributed by atoms with E-state index in [1.165, 1.54) is 19.2 Å². The number of benzene rings is 2. The van der Waals surface area contributed by atoms with Gasteiger partial charge in [0.1, 0.15) is 5.15 Å². The Morgan fingerprint density at radius 1 is 1.04 bits per heavy atom. The highest BCUT2D eigenvalue weighted by atomic mass is 35.5. The normalized spacial score (nSPS) is 10.6. The number of nitro benzene ring substituents is 1. The van der Waals surface area contributed by atoms with Crippen LogP contribution in [-0.2, 0) is 0 Å². The monoisotopic (exact) mass is 345 g/mol.